The van der Waals surface area contributed by atoms with Crippen LogP contribution in [0.25, 0.3) is 0 Å². The fourth-order valence-corrected chi connectivity index (χ4v) is 0.136. The minimum atomic E-state index is 0. The fourth-order valence-electron chi connectivity index (χ4n) is 0.136. The molecule has 0 rings (SSSR count). The SMILES string of the molecule is CO[CH-]COC.[Mo]. The minimum Gasteiger partial charge on any atom is -0.552 e. The van der Waals surface area contributed by atoms with Gasteiger partial charge in [-0.3, -0.25) is 0 Å². The summed E-state index contributed by atoms with van der Waals surface area (Å²) in [6.45, 7) is 2.15. The second-order valence-electron chi connectivity index (χ2n) is 0.858. The minimum absolute atomic E-state index is 0. The molecule has 44 valence electrons. The Morgan fingerprint density at radius 1 is 1.43 bits per heavy atom. The van der Waals surface area contributed by atoms with Gasteiger partial charge in [0.2, 0.25) is 0 Å². The summed E-state index contributed by atoms with van der Waals surface area (Å²) < 4.78 is 9.13. The predicted molar refractivity (Wildman–Crippen MR) is 23.2 cm³/mol. The van der Waals surface area contributed by atoms with Gasteiger partial charge in [0.1, 0.15) is 0 Å². The van der Waals surface area contributed by atoms with E-state index < -0.39 is 0 Å². The number of hydrogen-bond acceptors (Lipinski definition) is 2. The molecule has 2 nitrogen and oxygen atoms in total. The zero-order valence-electron chi connectivity index (χ0n) is 4.51. The summed E-state index contributed by atoms with van der Waals surface area (Å²) in [5, 5.41) is 0. The van der Waals surface area contributed by atoms with Crippen molar-refractivity contribution in [3.05, 3.63) is 6.61 Å². The van der Waals surface area contributed by atoms with Gasteiger partial charge in [-0.25, -0.2) is 0 Å². The first-order valence-corrected chi connectivity index (χ1v) is 1.75. The first-order valence-electron chi connectivity index (χ1n) is 1.75. The quantitative estimate of drug-likeness (QED) is 0.361. The average molecular weight is 185 g/mol. The van der Waals surface area contributed by atoms with Crippen molar-refractivity contribution in [3.63, 3.8) is 0 Å². The Morgan fingerprint density at radius 3 is 2.14 bits per heavy atom. The molecule has 0 aromatic carbocycles. The number of methoxy groups -OCH3 is 2. The first-order chi connectivity index (χ1) is 2.91. The van der Waals surface area contributed by atoms with Crippen LogP contribution in [0, 0.1) is 6.61 Å². The van der Waals surface area contributed by atoms with E-state index in [9.17, 15) is 0 Å². The molecular formula is C4H9MoO2-. The summed E-state index contributed by atoms with van der Waals surface area (Å²) in [6.07, 6.45) is 0. The maximum Gasteiger partial charge on any atom is 0.0320 e. The van der Waals surface area contributed by atoms with Crippen LogP contribution in [-0.4, -0.2) is 20.8 Å². The summed E-state index contributed by atoms with van der Waals surface area (Å²) in [7, 11) is 3.22. The van der Waals surface area contributed by atoms with E-state index >= 15 is 0 Å². The molecule has 0 N–H and O–H groups in total. The Labute approximate surface area is 58.4 Å². The van der Waals surface area contributed by atoms with Crippen LogP contribution in [0.15, 0.2) is 0 Å². The van der Waals surface area contributed by atoms with Crippen molar-refractivity contribution in [2.24, 2.45) is 0 Å². The average Bonchev–Trinajstić information content (AvgIpc) is 1.61. The molecule has 0 saturated heterocycles. The van der Waals surface area contributed by atoms with Gasteiger partial charge in [-0.05, 0) is 7.11 Å². The third-order valence-electron chi connectivity index (χ3n) is 0.401. The van der Waals surface area contributed by atoms with Crippen LogP contribution in [0.2, 0.25) is 0 Å². The van der Waals surface area contributed by atoms with Crippen molar-refractivity contribution in [1.82, 2.24) is 0 Å². The molecule has 0 saturated carbocycles. The van der Waals surface area contributed by atoms with Crippen LogP contribution in [0.1, 0.15) is 0 Å². The third-order valence-corrected chi connectivity index (χ3v) is 0.401. The molecule has 0 atom stereocenters. The summed E-state index contributed by atoms with van der Waals surface area (Å²) >= 11 is 0. The molecule has 0 bridgehead atoms. The van der Waals surface area contributed by atoms with Gasteiger partial charge in [0.25, 0.3) is 0 Å². The maximum absolute atomic E-state index is 4.60. The fraction of sp³-hybridized carbons (Fsp3) is 0.750. The summed E-state index contributed by atoms with van der Waals surface area (Å²) in [6, 6.07) is 0. The molecule has 0 aliphatic carbocycles. The largest absolute Gasteiger partial charge is 0.552 e. The van der Waals surface area contributed by atoms with E-state index in [1.165, 1.54) is 0 Å². The van der Waals surface area contributed by atoms with E-state index in [1.54, 1.807) is 20.8 Å². The van der Waals surface area contributed by atoms with Gasteiger partial charge in [-0.2, -0.15) is 6.61 Å². The van der Waals surface area contributed by atoms with E-state index in [2.05, 4.69) is 9.47 Å². The smallest absolute Gasteiger partial charge is 0.0320 e. The van der Waals surface area contributed by atoms with Gasteiger partial charge in [0, 0.05) is 28.2 Å². The van der Waals surface area contributed by atoms with Crippen LogP contribution in [-0.2, 0) is 30.5 Å². The van der Waals surface area contributed by atoms with Crippen LogP contribution < -0.4 is 0 Å². The van der Waals surface area contributed by atoms with E-state index in [-0.39, 0.29) is 21.1 Å². The van der Waals surface area contributed by atoms with E-state index in [1.807, 2.05) is 0 Å². The van der Waals surface area contributed by atoms with Gasteiger partial charge in [0.15, 0.2) is 0 Å². The molecule has 0 unspecified atom stereocenters. The molecule has 0 aliphatic heterocycles. The molecule has 0 amide bonds. The van der Waals surface area contributed by atoms with Crippen LogP contribution in [0.5, 0.6) is 0 Å². The standard InChI is InChI=1S/C4H9O2.Mo/c1-5-3-4-6-2;/h3H,4H2,1-2H3;/q-1;. The molecule has 0 radical (unpaired) electrons. The Bertz CT molecular complexity index is 21.7. The van der Waals surface area contributed by atoms with Crippen molar-refractivity contribution in [2.45, 2.75) is 0 Å². The Kier molecular flexibility index (Phi) is 14.8. The van der Waals surface area contributed by atoms with E-state index in [0.29, 0.717) is 6.61 Å². The molecule has 0 heterocycles. The zero-order chi connectivity index (χ0) is 4.83. The van der Waals surface area contributed by atoms with E-state index in [0.717, 1.165) is 0 Å². The van der Waals surface area contributed by atoms with Crippen molar-refractivity contribution in [3.8, 4) is 0 Å². The topological polar surface area (TPSA) is 18.5 Å². The number of hydrogen-bond donors (Lipinski definition) is 0. The number of ether oxygens (including phenoxy) is 2. The normalized spacial score (nSPS) is 7.71. The van der Waals surface area contributed by atoms with Crippen LogP contribution >= 0.6 is 0 Å². The van der Waals surface area contributed by atoms with Gasteiger partial charge < -0.3 is 9.47 Å². The molecule has 0 fully saturated rings. The molecule has 7 heavy (non-hydrogen) atoms. The molecule has 0 spiro atoms. The zero-order valence-corrected chi connectivity index (χ0v) is 6.52. The first kappa shape index (κ1) is 10.6. The van der Waals surface area contributed by atoms with Crippen molar-refractivity contribution in [2.75, 3.05) is 20.8 Å². The van der Waals surface area contributed by atoms with Gasteiger partial charge in [-0.15, -0.1) is 0 Å². The monoisotopic (exact) mass is 187 g/mol. The van der Waals surface area contributed by atoms with Gasteiger partial charge in [0.05, 0.1) is 0 Å². The third kappa shape index (κ3) is 10.8. The number of rotatable bonds is 3. The summed E-state index contributed by atoms with van der Waals surface area (Å²) in [5.74, 6) is 0. The Balaban J connectivity index is 0. The maximum atomic E-state index is 4.60. The van der Waals surface area contributed by atoms with E-state index in [4.69, 9.17) is 0 Å². The predicted octanol–water partition coefficient (Wildman–Crippen LogP) is 0.438. The van der Waals surface area contributed by atoms with Crippen molar-refractivity contribution < 1.29 is 30.5 Å². The molecule has 0 aromatic rings. The Hall–Kier alpha value is 0.608. The summed E-state index contributed by atoms with van der Waals surface area (Å²) in [4.78, 5) is 0. The van der Waals surface area contributed by atoms with Crippen LogP contribution in [0.4, 0.5) is 0 Å². The molecule has 3 heteroatoms. The van der Waals surface area contributed by atoms with Crippen LogP contribution in [0.3, 0.4) is 0 Å². The van der Waals surface area contributed by atoms with Crippen molar-refractivity contribution in [1.29, 1.82) is 0 Å². The van der Waals surface area contributed by atoms with Gasteiger partial charge in [-0.1, -0.05) is 6.61 Å². The summed E-state index contributed by atoms with van der Waals surface area (Å²) in [5.41, 5.74) is 0. The van der Waals surface area contributed by atoms with Gasteiger partial charge >= 0.3 is 0 Å². The van der Waals surface area contributed by atoms with Crippen molar-refractivity contribution >= 4 is 0 Å². The second-order valence-corrected chi connectivity index (χ2v) is 0.858. The molecular weight excluding hydrogens is 176 g/mol. The Morgan fingerprint density at radius 2 is 2.00 bits per heavy atom. The second kappa shape index (κ2) is 9.79. The molecule has 0 aliphatic rings. The molecule has 0 aromatic heterocycles.